The predicted molar refractivity (Wildman–Crippen MR) is 77.0 cm³/mol. The summed E-state index contributed by atoms with van der Waals surface area (Å²) in [7, 11) is 0. The number of hydrogen-bond acceptors (Lipinski definition) is 3. The Kier molecular flexibility index (Phi) is 5.64. The van der Waals surface area contributed by atoms with Crippen molar-refractivity contribution < 1.29 is 9.53 Å². The van der Waals surface area contributed by atoms with Gasteiger partial charge in [-0.25, -0.2) is 0 Å². The summed E-state index contributed by atoms with van der Waals surface area (Å²) < 4.78 is 5.62. The summed E-state index contributed by atoms with van der Waals surface area (Å²) in [6, 6.07) is 5.32. The first-order valence-corrected chi connectivity index (χ1v) is 7.19. The maximum atomic E-state index is 11.9. The average molecular weight is 302 g/mol. The lowest BCUT2D eigenvalue weighted by Gasteiger charge is -2.22. The number of nitrogens with one attached hydrogen (secondary N) is 1. The van der Waals surface area contributed by atoms with Gasteiger partial charge in [-0.05, 0) is 37.6 Å². The number of rotatable bonds is 5. The molecule has 1 N–H and O–H groups in total. The third-order valence-electron chi connectivity index (χ3n) is 3.19. The first kappa shape index (κ1) is 14.8. The molecule has 0 aliphatic carbocycles. The molecule has 0 radical (unpaired) electrons. The Bertz CT molecular complexity index is 445. The molecule has 19 heavy (non-hydrogen) atoms. The van der Waals surface area contributed by atoms with Crippen molar-refractivity contribution in [2.45, 2.75) is 25.4 Å². The minimum atomic E-state index is 0.0303. The first-order chi connectivity index (χ1) is 9.16. The second-order valence-electron chi connectivity index (χ2n) is 4.69. The van der Waals surface area contributed by atoms with E-state index in [1.807, 2.05) is 6.07 Å². The predicted octanol–water partition coefficient (Wildman–Crippen LogP) is 2.87. The molecule has 0 aromatic heterocycles. The van der Waals surface area contributed by atoms with E-state index in [0.29, 0.717) is 10.0 Å². The molecular formula is C14H17Cl2NO2. The molecule has 2 rings (SSSR count). The normalized spacial score (nSPS) is 16.5. The first-order valence-electron chi connectivity index (χ1n) is 6.43. The van der Waals surface area contributed by atoms with E-state index in [9.17, 15) is 4.79 Å². The largest absolute Gasteiger partial charge is 0.370 e. The Labute approximate surface area is 123 Å². The van der Waals surface area contributed by atoms with Crippen molar-refractivity contribution >= 4 is 29.0 Å². The highest BCUT2D eigenvalue weighted by atomic mass is 35.5. The van der Waals surface area contributed by atoms with E-state index in [1.165, 1.54) is 0 Å². The fraction of sp³-hybridized carbons (Fsp3) is 0.500. The van der Waals surface area contributed by atoms with Gasteiger partial charge in [0.05, 0.1) is 16.1 Å². The lowest BCUT2D eigenvalue weighted by molar-refractivity contribution is -0.125. The Hall–Kier alpha value is -0.610. The summed E-state index contributed by atoms with van der Waals surface area (Å²) in [6.45, 7) is 2.06. The highest BCUT2D eigenvalue weighted by molar-refractivity contribution is 6.42. The van der Waals surface area contributed by atoms with Crippen LogP contribution >= 0.6 is 23.2 Å². The van der Waals surface area contributed by atoms with Crippen LogP contribution in [0.25, 0.3) is 0 Å². The summed E-state index contributed by atoms with van der Waals surface area (Å²) in [6.07, 6.45) is 2.39. The van der Waals surface area contributed by atoms with Gasteiger partial charge in [-0.2, -0.15) is 0 Å². The van der Waals surface area contributed by atoms with E-state index in [1.54, 1.807) is 12.1 Å². The molecule has 0 amide bonds. The van der Waals surface area contributed by atoms with Gasteiger partial charge in [0.25, 0.3) is 0 Å². The highest BCUT2D eigenvalue weighted by Gasteiger charge is 2.15. The number of ether oxygens (including phenoxy) is 1. The van der Waals surface area contributed by atoms with Gasteiger partial charge in [0.1, 0.15) is 6.61 Å². The van der Waals surface area contributed by atoms with Crippen LogP contribution in [-0.2, 0) is 16.0 Å². The van der Waals surface area contributed by atoms with Crippen LogP contribution in [0.15, 0.2) is 18.2 Å². The molecule has 1 heterocycles. The van der Waals surface area contributed by atoms with Crippen molar-refractivity contribution in [2.24, 2.45) is 0 Å². The second-order valence-corrected chi connectivity index (χ2v) is 5.47. The van der Waals surface area contributed by atoms with Crippen LogP contribution in [0.2, 0.25) is 10.0 Å². The molecular weight excluding hydrogens is 285 g/mol. The summed E-state index contributed by atoms with van der Waals surface area (Å²) in [5.41, 5.74) is 0.757. The van der Waals surface area contributed by atoms with Crippen molar-refractivity contribution in [3.05, 3.63) is 33.8 Å². The number of halogens is 2. The Morgan fingerprint density at radius 1 is 1.32 bits per heavy atom. The van der Waals surface area contributed by atoms with Crippen molar-refractivity contribution in [2.75, 3.05) is 19.7 Å². The molecule has 3 nitrogen and oxygen atoms in total. The van der Waals surface area contributed by atoms with Gasteiger partial charge >= 0.3 is 0 Å². The zero-order valence-electron chi connectivity index (χ0n) is 10.6. The molecule has 1 aromatic rings. The van der Waals surface area contributed by atoms with E-state index in [2.05, 4.69) is 5.32 Å². The molecule has 0 bridgehead atoms. The lowest BCUT2D eigenvalue weighted by Crippen LogP contribution is -2.33. The molecule has 1 saturated heterocycles. The van der Waals surface area contributed by atoms with Gasteiger partial charge in [-0.1, -0.05) is 35.3 Å². The number of ketones is 1. The van der Waals surface area contributed by atoms with Gasteiger partial charge in [0, 0.05) is 6.42 Å². The highest BCUT2D eigenvalue weighted by Crippen LogP contribution is 2.25. The number of Topliss-reactive ketones (excluding diaryl/α,β-unsaturated/α-hetero) is 1. The van der Waals surface area contributed by atoms with Crippen LogP contribution in [0, 0.1) is 0 Å². The van der Waals surface area contributed by atoms with E-state index < -0.39 is 0 Å². The summed E-state index contributed by atoms with van der Waals surface area (Å²) in [5, 5.41) is 4.19. The summed E-state index contributed by atoms with van der Waals surface area (Å²) in [5.74, 6) is 0.0303. The SMILES string of the molecule is O=C(COC1CCNCC1)Cc1cccc(Cl)c1Cl. The van der Waals surface area contributed by atoms with E-state index >= 15 is 0 Å². The maximum absolute atomic E-state index is 11.9. The van der Waals surface area contributed by atoms with Crippen LogP contribution in [0.3, 0.4) is 0 Å². The fourth-order valence-corrected chi connectivity index (χ4v) is 2.51. The Balaban J connectivity index is 1.82. The number of carbonyl (C=O) groups is 1. The molecule has 1 aliphatic rings. The van der Waals surface area contributed by atoms with Crippen LogP contribution < -0.4 is 5.32 Å². The summed E-state index contributed by atoms with van der Waals surface area (Å²) >= 11 is 12.0. The van der Waals surface area contributed by atoms with Crippen molar-refractivity contribution in [3.63, 3.8) is 0 Å². The van der Waals surface area contributed by atoms with Crippen molar-refractivity contribution in [1.82, 2.24) is 5.32 Å². The molecule has 0 unspecified atom stereocenters. The van der Waals surface area contributed by atoms with Gasteiger partial charge in [0.2, 0.25) is 0 Å². The minimum absolute atomic E-state index is 0.0303. The quantitative estimate of drug-likeness (QED) is 0.909. The van der Waals surface area contributed by atoms with E-state index in [4.69, 9.17) is 27.9 Å². The minimum Gasteiger partial charge on any atom is -0.370 e. The fourth-order valence-electron chi connectivity index (χ4n) is 2.12. The number of hydrogen-bond donors (Lipinski definition) is 1. The molecule has 0 saturated carbocycles. The standard InChI is InChI=1S/C14H17Cl2NO2/c15-13-3-1-2-10(14(13)16)8-11(18)9-19-12-4-6-17-7-5-12/h1-3,12,17H,4-9H2. The van der Waals surface area contributed by atoms with Crippen LogP contribution in [0.1, 0.15) is 18.4 Å². The van der Waals surface area contributed by atoms with Crippen LogP contribution in [-0.4, -0.2) is 31.6 Å². The molecule has 1 aliphatic heterocycles. The van der Waals surface area contributed by atoms with Crippen LogP contribution in [0.5, 0.6) is 0 Å². The Morgan fingerprint density at radius 3 is 2.79 bits per heavy atom. The zero-order valence-corrected chi connectivity index (χ0v) is 12.1. The van der Waals surface area contributed by atoms with Crippen molar-refractivity contribution in [1.29, 1.82) is 0 Å². The summed E-state index contributed by atoms with van der Waals surface area (Å²) in [4.78, 5) is 11.9. The molecule has 1 aromatic carbocycles. The topological polar surface area (TPSA) is 38.3 Å². The third kappa shape index (κ3) is 4.46. The maximum Gasteiger partial charge on any atom is 0.162 e. The third-order valence-corrected chi connectivity index (χ3v) is 4.04. The molecule has 1 fully saturated rings. The molecule has 0 spiro atoms. The second kappa shape index (κ2) is 7.25. The molecule has 5 heteroatoms. The van der Waals surface area contributed by atoms with Gasteiger partial charge in [-0.15, -0.1) is 0 Å². The van der Waals surface area contributed by atoms with Crippen molar-refractivity contribution in [3.8, 4) is 0 Å². The van der Waals surface area contributed by atoms with E-state index in [0.717, 1.165) is 31.5 Å². The number of piperidine rings is 1. The van der Waals surface area contributed by atoms with Gasteiger partial charge < -0.3 is 10.1 Å². The molecule has 0 atom stereocenters. The zero-order chi connectivity index (χ0) is 13.7. The Morgan fingerprint density at radius 2 is 2.05 bits per heavy atom. The van der Waals surface area contributed by atoms with Gasteiger partial charge in [-0.3, -0.25) is 4.79 Å². The monoisotopic (exact) mass is 301 g/mol. The van der Waals surface area contributed by atoms with Gasteiger partial charge in [0.15, 0.2) is 5.78 Å². The number of carbonyl (C=O) groups excluding carboxylic acids is 1. The number of benzene rings is 1. The lowest BCUT2D eigenvalue weighted by atomic mass is 10.1. The average Bonchev–Trinajstić information content (AvgIpc) is 2.43. The smallest absolute Gasteiger partial charge is 0.162 e. The van der Waals surface area contributed by atoms with Crippen LogP contribution in [0.4, 0.5) is 0 Å². The van der Waals surface area contributed by atoms with E-state index in [-0.39, 0.29) is 24.9 Å². The molecule has 104 valence electrons.